The highest BCUT2D eigenvalue weighted by Crippen LogP contribution is 2.31. The highest BCUT2D eigenvalue weighted by atomic mass is 32.1. The lowest BCUT2D eigenvalue weighted by Gasteiger charge is -1.99. The third-order valence-electron chi connectivity index (χ3n) is 2.68. The van der Waals surface area contributed by atoms with Crippen molar-refractivity contribution >= 4 is 21.6 Å². The van der Waals surface area contributed by atoms with Gasteiger partial charge in [0.2, 0.25) is 0 Å². The van der Waals surface area contributed by atoms with Crippen molar-refractivity contribution < 1.29 is 0 Å². The zero-order valence-electron chi connectivity index (χ0n) is 9.01. The zero-order valence-corrected chi connectivity index (χ0v) is 9.82. The highest BCUT2D eigenvalue weighted by molar-refractivity contribution is 7.17. The number of hydrogen-bond donors (Lipinski definition) is 0. The number of aromatic nitrogens is 4. The maximum Gasteiger partial charge on any atom is 0.165 e. The lowest BCUT2D eigenvalue weighted by atomic mass is 10.2. The second-order valence-electron chi connectivity index (χ2n) is 3.64. The SMILES string of the molecule is Cc1nnc(-c2csc3ncccc23)n1C. The molecule has 3 heterocycles. The second-order valence-corrected chi connectivity index (χ2v) is 4.49. The van der Waals surface area contributed by atoms with Crippen molar-refractivity contribution in [1.82, 2.24) is 19.7 Å². The van der Waals surface area contributed by atoms with Gasteiger partial charge in [0.15, 0.2) is 5.82 Å². The molecule has 0 N–H and O–H groups in total. The number of aryl methyl sites for hydroxylation is 1. The lowest BCUT2D eigenvalue weighted by Crippen LogP contribution is -1.94. The van der Waals surface area contributed by atoms with E-state index in [2.05, 4.69) is 26.6 Å². The van der Waals surface area contributed by atoms with Gasteiger partial charge in [-0.1, -0.05) is 0 Å². The van der Waals surface area contributed by atoms with Gasteiger partial charge >= 0.3 is 0 Å². The van der Waals surface area contributed by atoms with Crippen LogP contribution in [0.25, 0.3) is 21.6 Å². The highest BCUT2D eigenvalue weighted by Gasteiger charge is 2.12. The zero-order chi connectivity index (χ0) is 11.1. The van der Waals surface area contributed by atoms with Gasteiger partial charge < -0.3 is 4.57 Å². The van der Waals surface area contributed by atoms with Crippen LogP contribution in [0, 0.1) is 6.92 Å². The van der Waals surface area contributed by atoms with E-state index in [0.29, 0.717) is 0 Å². The van der Waals surface area contributed by atoms with Gasteiger partial charge in [-0.3, -0.25) is 0 Å². The Bertz CT molecular complexity index is 653. The van der Waals surface area contributed by atoms with Gasteiger partial charge in [-0.2, -0.15) is 0 Å². The number of rotatable bonds is 1. The van der Waals surface area contributed by atoms with Gasteiger partial charge in [0.05, 0.1) is 0 Å². The molecule has 3 rings (SSSR count). The van der Waals surface area contributed by atoms with Crippen LogP contribution in [0.15, 0.2) is 23.7 Å². The Labute approximate surface area is 96.6 Å². The third kappa shape index (κ3) is 1.25. The fourth-order valence-corrected chi connectivity index (χ4v) is 2.57. The molecule has 0 amide bonds. The molecular formula is C11H10N4S. The van der Waals surface area contributed by atoms with Crippen LogP contribution in [0.3, 0.4) is 0 Å². The first-order valence-corrected chi connectivity index (χ1v) is 5.84. The smallest absolute Gasteiger partial charge is 0.165 e. The minimum absolute atomic E-state index is 0.900. The summed E-state index contributed by atoms with van der Waals surface area (Å²) in [6.45, 7) is 1.95. The van der Waals surface area contributed by atoms with Crippen molar-refractivity contribution in [1.29, 1.82) is 0 Å². The van der Waals surface area contributed by atoms with Crippen LogP contribution >= 0.6 is 11.3 Å². The molecule has 0 unspecified atom stereocenters. The van der Waals surface area contributed by atoms with E-state index in [1.165, 1.54) is 0 Å². The molecule has 0 saturated heterocycles. The van der Waals surface area contributed by atoms with E-state index in [-0.39, 0.29) is 0 Å². The first kappa shape index (κ1) is 9.47. The van der Waals surface area contributed by atoms with Gasteiger partial charge in [-0.25, -0.2) is 4.98 Å². The molecule has 5 heteroatoms. The van der Waals surface area contributed by atoms with Crippen molar-refractivity contribution in [2.75, 3.05) is 0 Å². The van der Waals surface area contributed by atoms with Crippen LogP contribution in [0.2, 0.25) is 0 Å². The van der Waals surface area contributed by atoms with E-state index < -0.39 is 0 Å². The molecule has 0 atom stereocenters. The van der Waals surface area contributed by atoms with Crippen molar-refractivity contribution in [3.05, 3.63) is 29.5 Å². The molecule has 0 aromatic carbocycles. The average molecular weight is 230 g/mol. The van der Waals surface area contributed by atoms with Crippen LogP contribution < -0.4 is 0 Å². The van der Waals surface area contributed by atoms with Gasteiger partial charge in [-0.15, -0.1) is 21.5 Å². The number of hydrogen-bond acceptors (Lipinski definition) is 4. The minimum atomic E-state index is 0.900. The quantitative estimate of drug-likeness (QED) is 0.644. The fourth-order valence-electron chi connectivity index (χ4n) is 1.68. The fraction of sp³-hybridized carbons (Fsp3) is 0.182. The second kappa shape index (κ2) is 3.38. The summed E-state index contributed by atoms with van der Waals surface area (Å²) in [6.07, 6.45) is 1.81. The Morgan fingerprint density at radius 1 is 1.31 bits per heavy atom. The molecule has 0 aliphatic rings. The average Bonchev–Trinajstić information content (AvgIpc) is 2.85. The Kier molecular flexibility index (Phi) is 2.00. The summed E-state index contributed by atoms with van der Waals surface area (Å²) in [5, 5.41) is 11.5. The van der Waals surface area contributed by atoms with Crippen molar-refractivity contribution in [2.45, 2.75) is 6.92 Å². The Morgan fingerprint density at radius 3 is 2.94 bits per heavy atom. The number of fused-ring (bicyclic) bond motifs is 1. The standard InChI is InChI=1S/C11H10N4S/c1-7-13-14-10(15(7)2)9-6-16-11-8(9)4-3-5-12-11/h3-6H,1-2H3. The van der Waals surface area contributed by atoms with Gasteiger partial charge in [0.25, 0.3) is 0 Å². The molecule has 0 aliphatic heterocycles. The topological polar surface area (TPSA) is 43.6 Å². The van der Waals surface area contributed by atoms with Gasteiger partial charge in [0, 0.05) is 29.6 Å². The first-order chi connectivity index (χ1) is 7.77. The van der Waals surface area contributed by atoms with E-state index in [1.807, 2.05) is 30.8 Å². The Hall–Kier alpha value is -1.75. The molecule has 3 aromatic rings. The molecule has 4 nitrogen and oxygen atoms in total. The molecule has 0 saturated carbocycles. The molecule has 80 valence electrons. The summed E-state index contributed by atoms with van der Waals surface area (Å²) in [5.41, 5.74) is 1.11. The van der Waals surface area contributed by atoms with E-state index >= 15 is 0 Å². The largest absolute Gasteiger partial charge is 0.314 e. The number of thiophene rings is 1. The summed E-state index contributed by atoms with van der Waals surface area (Å²) >= 11 is 1.63. The van der Waals surface area contributed by atoms with Crippen LogP contribution in [-0.4, -0.2) is 19.7 Å². The first-order valence-electron chi connectivity index (χ1n) is 4.96. The lowest BCUT2D eigenvalue weighted by molar-refractivity contribution is 0.866. The molecule has 0 bridgehead atoms. The molecule has 0 spiro atoms. The van der Waals surface area contributed by atoms with Crippen molar-refractivity contribution in [2.24, 2.45) is 7.05 Å². The Morgan fingerprint density at radius 2 is 2.19 bits per heavy atom. The van der Waals surface area contributed by atoms with Crippen LogP contribution in [-0.2, 0) is 7.05 Å². The minimum Gasteiger partial charge on any atom is -0.314 e. The normalized spacial score (nSPS) is 11.1. The van der Waals surface area contributed by atoms with E-state index in [1.54, 1.807) is 11.3 Å². The van der Waals surface area contributed by atoms with Gasteiger partial charge in [0.1, 0.15) is 10.7 Å². The Balaban J connectivity index is 2.30. The summed E-state index contributed by atoms with van der Waals surface area (Å²) < 4.78 is 1.99. The van der Waals surface area contributed by atoms with Crippen LogP contribution in [0.4, 0.5) is 0 Å². The van der Waals surface area contributed by atoms with Crippen molar-refractivity contribution in [3.63, 3.8) is 0 Å². The summed E-state index contributed by atoms with van der Waals surface area (Å²) in [5.74, 6) is 1.81. The molecule has 3 aromatic heterocycles. The van der Waals surface area contributed by atoms with E-state index in [0.717, 1.165) is 27.4 Å². The number of pyridine rings is 1. The van der Waals surface area contributed by atoms with E-state index in [9.17, 15) is 0 Å². The maximum atomic E-state index is 4.32. The molecule has 0 fully saturated rings. The predicted octanol–water partition coefficient (Wildman–Crippen LogP) is 2.40. The van der Waals surface area contributed by atoms with Crippen LogP contribution in [0.1, 0.15) is 5.82 Å². The van der Waals surface area contributed by atoms with Crippen LogP contribution in [0.5, 0.6) is 0 Å². The molecule has 0 radical (unpaired) electrons. The molecule has 16 heavy (non-hydrogen) atoms. The van der Waals surface area contributed by atoms with Crippen molar-refractivity contribution in [3.8, 4) is 11.4 Å². The third-order valence-corrected chi connectivity index (χ3v) is 3.59. The summed E-state index contributed by atoms with van der Waals surface area (Å²) in [4.78, 5) is 5.36. The summed E-state index contributed by atoms with van der Waals surface area (Å²) in [7, 11) is 1.98. The molecular weight excluding hydrogens is 220 g/mol. The number of nitrogens with zero attached hydrogens (tertiary/aromatic N) is 4. The van der Waals surface area contributed by atoms with E-state index in [4.69, 9.17) is 0 Å². The summed E-state index contributed by atoms with van der Waals surface area (Å²) in [6, 6.07) is 4.01. The monoisotopic (exact) mass is 230 g/mol. The van der Waals surface area contributed by atoms with Gasteiger partial charge in [-0.05, 0) is 19.1 Å². The molecule has 0 aliphatic carbocycles. The predicted molar refractivity (Wildman–Crippen MR) is 64.4 cm³/mol. The maximum absolute atomic E-state index is 4.32.